The van der Waals surface area contributed by atoms with Crippen molar-refractivity contribution in [2.45, 2.75) is 155 Å². The number of para-hydroxylation sites is 1. The number of carbonyl (C=O) groups excluding carboxylic acids is 8. The van der Waals surface area contributed by atoms with E-state index >= 15 is 0 Å². The standard InChI is InChI=1S/C65H77N8O13PS/c1-36-15-16-39(11-8-7-9-14-56(77)71-59(65(4,5)6)63(81)72-33-48(74)32-51(72)60(78)68-37(2)40-17-20-42(21-18-40)58-38(3)67-35-88-58)27-54(36)86-34-47(24-26-55(66)76)69-61(79)52-30-43-13-10-12-41-19-22-44(62(80)73(52)57(41)43)31-53(75)50-29-46-28-45(23-25-49(46)70-50)64(82)87(83,84)85/h10,12-13,15-18,20-21,23,25,27-29,35,37,44,47-48,51-52,59,70,74H,7-9,11,14,19,22,24,26,30-34H2,1-6H3,(H2,66,76)(H,68,78)(H,69,79)(H,71,77)(H2,83,84,85)/t37-,44+,47-,48+,51-,52-,59+/m0/s1. The van der Waals surface area contributed by atoms with Crippen molar-refractivity contribution in [3.05, 3.63) is 135 Å². The fraction of sp³-hybridized carbons (Fsp3) is 0.431. The molecule has 0 radical (unpaired) electrons. The zero-order chi connectivity index (χ0) is 63.4. The molecule has 23 heteroatoms. The first-order valence-corrected chi connectivity index (χ1v) is 32.3. The molecule has 9 N–H and O–H groups in total. The largest absolute Gasteiger partial charge is 0.491 e. The lowest BCUT2D eigenvalue weighted by Gasteiger charge is -2.35. The highest BCUT2D eigenvalue weighted by Crippen LogP contribution is 2.42. The topological polar surface area (TPSA) is 321 Å². The molecule has 0 aliphatic carbocycles. The molecule has 466 valence electrons. The number of ketones is 1. The van der Waals surface area contributed by atoms with Crippen LogP contribution in [0.2, 0.25) is 0 Å². The first-order chi connectivity index (χ1) is 41.7. The van der Waals surface area contributed by atoms with Gasteiger partial charge in [0.2, 0.25) is 35.4 Å². The number of nitrogens with two attached hydrogens (primary N) is 1. The van der Waals surface area contributed by atoms with E-state index in [1.165, 1.54) is 34.1 Å². The number of amides is 6. The SMILES string of the molecule is Cc1ccc(CCCCCC(=O)N[C@H](C(=O)N2C[C@H](O)C[C@H]2C(=O)N[C@@H](C)c2ccc(-c3scnc3C)cc2)C(C)(C)C)cc1OC[C@H](CCC(N)=O)NC(=O)[C@@H]1Cc2cccc3c2N1C(=O)[C@@H](CC(=O)c1cc2cc(C(=O)P(=O)(O)O)ccc2[nH]1)CC3. The van der Waals surface area contributed by atoms with Crippen LogP contribution < -0.4 is 31.3 Å². The molecular formula is C65H77N8O13PS. The monoisotopic (exact) mass is 1240 g/mol. The minimum atomic E-state index is -5.05. The number of H-pyrrole nitrogens is 1. The number of likely N-dealkylation sites (tertiary alicyclic amines) is 1. The number of hydrogen-bond donors (Lipinski definition) is 8. The number of aromatic nitrogens is 2. The van der Waals surface area contributed by atoms with Crippen LogP contribution in [0.1, 0.15) is 146 Å². The minimum absolute atomic E-state index is 0.0264. The molecular weight excluding hydrogens is 1160 g/mol. The first kappa shape index (κ1) is 64.6. The number of ether oxygens (including phenoxy) is 1. The second kappa shape index (κ2) is 27.2. The lowest BCUT2D eigenvalue weighted by molar-refractivity contribution is -0.144. The van der Waals surface area contributed by atoms with Gasteiger partial charge in [-0.1, -0.05) is 81.8 Å². The Labute approximate surface area is 514 Å². The smallest absolute Gasteiger partial charge is 0.396 e. The van der Waals surface area contributed by atoms with Gasteiger partial charge in [-0.2, -0.15) is 0 Å². The highest BCUT2D eigenvalue weighted by atomic mass is 32.1. The number of aliphatic hydroxyl groups is 1. The highest BCUT2D eigenvalue weighted by molar-refractivity contribution is 7.70. The Bertz CT molecular complexity index is 3700. The Morgan fingerprint density at radius 2 is 1.62 bits per heavy atom. The highest BCUT2D eigenvalue weighted by Gasteiger charge is 2.46. The van der Waals surface area contributed by atoms with Crippen LogP contribution in [0.3, 0.4) is 0 Å². The number of thiazole rings is 1. The molecule has 5 heterocycles. The third-order valence-corrected chi connectivity index (χ3v) is 18.7. The second-order valence-electron chi connectivity index (χ2n) is 24.6. The number of unbranched alkanes of at least 4 members (excludes halogenated alkanes) is 2. The van der Waals surface area contributed by atoms with Crippen molar-refractivity contribution >= 4 is 82.3 Å². The molecule has 9 rings (SSSR count). The number of Topliss-reactive ketones (excluding diaryl/α,β-unsaturated/α-hetero) is 1. The minimum Gasteiger partial charge on any atom is -0.491 e. The zero-order valence-electron chi connectivity index (χ0n) is 50.3. The van der Waals surface area contributed by atoms with E-state index in [0.29, 0.717) is 54.4 Å². The molecule has 0 unspecified atom stereocenters. The quantitative estimate of drug-likeness (QED) is 0.0155. The van der Waals surface area contributed by atoms with Crippen molar-refractivity contribution < 1.29 is 62.6 Å². The van der Waals surface area contributed by atoms with Gasteiger partial charge in [0.1, 0.15) is 30.5 Å². The van der Waals surface area contributed by atoms with Crippen molar-refractivity contribution in [2.75, 3.05) is 18.1 Å². The van der Waals surface area contributed by atoms with Crippen LogP contribution in [0.4, 0.5) is 5.69 Å². The maximum Gasteiger partial charge on any atom is 0.396 e. The van der Waals surface area contributed by atoms with E-state index in [1.807, 2.05) is 102 Å². The number of rotatable bonds is 25. The number of fused-ring (bicyclic) bond motifs is 1. The number of anilines is 1. The number of primary amides is 1. The zero-order valence-corrected chi connectivity index (χ0v) is 52.0. The Morgan fingerprint density at radius 3 is 2.33 bits per heavy atom. The van der Waals surface area contributed by atoms with Gasteiger partial charge >= 0.3 is 7.60 Å². The third kappa shape index (κ3) is 15.2. The van der Waals surface area contributed by atoms with Crippen molar-refractivity contribution in [3.8, 4) is 16.2 Å². The van der Waals surface area contributed by atoms with Crippen molar-refractivity contribution in [2.24, 2.45) is 17.1 Å². The maximum atomic E-state index is 14.7. The number of hydrogen-bond acceptors (Lipinski definition) is 13. The van der Waals surface area contributed by atoms with E-state index in [0.717, 1.165) is 50.4 Å². The van der Waals surface area contributed by atoms with Crippen LogP contribution in [0.15, 0.2) is 90.4 Å². The van der Waals surface area contributed by atoms with Crippen LogP contribution in [0.25, 0.3) is 21.3 Å². The number of aryl methyl sites for hydroxylation is 4. The van der Waals surface area contributed by atoms with E-state index in [2.05, 4.69) is 25.9 Å². The second-order valence-corrected chi connectivity index (χ2v) is 27.0. The summed E-state index contributed by atoms with van der Waals surface area (Å²) in [4.78, 5) is 139. The van der Waals surface area contributed by atoms with Gasteiger partial charge in [-0.15, -0.1) is 11.3 Å². The number of aromatic amines is 1. The van der Waals surface area contributed by atoms with E-state index < -0.39 is 84.1 Å². The molecule has 7 atom stereocenters. The van der Waals surface area contributed by atoms with Crippen molar-refractivity contribution in [3.63, 3.8) is 0 Å². The average molecular weight is 1240 g/mol. The van der Waals surface area contributed by atoms with Crippen LogP contribution in [0, 0.1) is 25.2 Å². The first-order valence-electron chi connectivity index (χ1n) is 29.8. The molecule has 1 fully saturated rings. The third-order valence-electron chi connectivity index (χ3n) is 16.9. The number of aliphatic hydroxyl groups excluding tert-OH is 1. The average Bonchev–Trinajstić information content (AvgIpc) is 2.21. The Hall–Kier alpha value is -7.88. The summed E-state index contributed by atoms with van der Waals surface area (Å²) >= 11 is 1.56. The number of benzene rings is 4. The molecule has 6 amide bonds. The van der Waals surface area contributed by atoms with Crippen LogP contribution in [-0.4, -0.2) is 120 Å². The Morgan fingerprint density at radius 1 is 0.886 bits per heavy atom. The summed E-state index contributed by atoms with van der Waals surface area (Å²) in [6.45, 7) is 11.2. The molecule has 21 nitrogen and oxygen atoms in total. The van der Waals surface area contributed by atoms with Crippen molar-refractivity contribution in [1.29, 1.82) is 0 Å². The maximum absolute atomic E-state index is 14.7. The molecule has 2 aromatic heterocycles. The van der Waals surface area contributed by atoms with E-state index in [4.69, 9.17) is 10.5 Å². The summed E-state index contributed by atoms with van der Waals surface area (Å²) in [5, 5.41) is 20.2. The van der Waals surface area contributed by atoms with Crippen LogP contribution >= 0.6 is 18.9 Å². The summed E-state index contributed by atoms with van der Waals surface area (Å²) in [7, 11) is -5.05. The van der Waals surface area contributed by atoms with Crippen molar-refractivity contribution in [1.82, 2.24) is 30.8 Å². The van der Waals surface area contributed by atoms with Gasteiger partial charge in [0.25, 0.3) is 5.52 Å². The van der Waals surface area contributed by atoms with Gasteiger partial charge < -0.3 is 51.2 Å². The van der Waals surface area contributed by atoms with Gasteiger partial charge in [0.15, 0.2) is 5.78 Å². The lowest BCUT2D eigenvalue weighted by Crippen LogP contribution is -2.57. The predicted molar refractivity (Wildman–Crippen MR) is 332 cm³/mol. The number of carbonyl (C=O) groups is 8. The van der Waals surface area contributed by atoms with Gasteiger partial charge in [0.05, 0.1) is 45.7 Å². The molecule has 1 saturated heterocycles. The molecule has 88 heavy (non-hydrogen) atoms. The number of nitrogens with zero attached hydrogens (tertiary/aromatic N) is 3. The van der Waals surface area contributed by atoms with Crippen LogP contribution in [-0.2, 0) is 52.6 Å². The number of β-amino-alcohol motifs (C(OH)–C–C–N with tert-alkyl or cyclic N) is 1. The summed E-state index contributed by atoms with van der Waals surface area (Å²) < 4.78 is 18.0. The summed E-state index contributed by atoms with van der Waals surface area (Å²) in [5.74, 6) is -3.20. The summed E-state index contributed by atoms with van der Waals surface area (Å²) in [5.41, 5.74) is 12.7. The van der Waals surface area contributed by atoms with E-state index in [9.17, 15) is 57.8 Å². The predicted octanol–water partition coefficient (Wildman–Crippen LogP) is 7.62. The van der Waals surface area contributed by atoms with Crippen LogP contribution in [0.5, 0.6) is 5.75 Å². The Balaban J connectivity index is 0.769. The molecule has 4 aromatic carbocycles. The fourth-order valence-electron chi connectivity index (χ4n) is 12.0. The fourth-order valence-corrected chi connectivity index (χ4v) is 13.3. The molecule has 0 bridgehead atoms. The Kier molecular flexibility index (Phi) is 20.0. The van der Waals surface area contributed by atoms with Gasteiger partial charge in [-0.25, -0.2) is 4.98 Å². The summed E-state index contributed by atoms with van der Waals surface area (Å²) in [6, 6.07) is 20.9. The lowest BCUT2D eigenvalue weighted by atomic mass is 9.85. The molecule has 3 aliphatic heterocycles. The van der Waals surface area contributed by atoms with E-state index in [-0.39, 0.29) is 80.8 Å². The van der Waals surface area contributed by atoms with Gasteiger partial charge in [-0.05, 0) is 128 Å². The molecule has 0 saturated carbocycles. The van der Waals surface area contributed by atoms with E-state index in [1.54, 1.807) is 16.8 Å². The molecule has 3 aliphatic rings. The van der Waals surface area contributed by atoms with Gasteiger partial charge in [0, 0.05) is 61.0 Å². The summed E-state index contributed by atoms with van der Waals surface area (Å²) in [6.07, 6.45) is 2.86. The number of nitrogens with one attached hydrogen (secondary N) is 4. The molecule has 6 aromatic rings. The van der Waals surface area contributed by atoms with Gasteiger partial charge in [-0.3, -0.25) is 47.8 Å². The normalized spacial score (nSPS) is 18.5. The molecule has 0 spiro atoms.